The lowest BCUT2D eigenvalue weighted by Gasteiger charge is -2.54. The van der Waals surface area contributed by atoms with Gasteiger partial charge in [-0.3, -0.25) is 4.79 Å². The Labute approximate surface area is 233 Å². The number of aryl methyl sites for hydroxylation is 1. The highest BCUT2D eigenvalue weighted by Crippen LogP contribution is 2.57. The molecular formula is C33H45NO5. The zero-order valence-corrected chi connectivity index (χ0v) is 24.6. The van der Waals surface area contributed by atoms with E-state index in [0.29, 0.717) is 17.6 Å². The maximum atomic E-state index is 12.2. The molecule has 2 aromatic carbocycles. The van der Waals surface area contributed by atoms with Gasteiger partial charge in [0.05, 0.1) is 7.11 Å². The fourth-order valence-corrected chi connectivity index (χ4v) is 7.28. The number of fused-ring (bicyclic) bond motifs is 4. The first-order valence-corrected chi connectivity index (χ1v) is 14.3. The summed E-state index contributed by atoms with van der Waals surface area (Å²) in [6.07, 6.45) is 7.00. The highest BCUT2D eigenvalue weighted by molar-refractivity contribution is 5.92. The minimum absolute atomic E-state index is 0.102. The summed E-state index contributed by atoms with van der Waals surface area (Å²) in [5, 5.41) is 9.08. The molecule has 3 unspecified atom stereocenters. The summed E-state index contributed by atoms with van der Waals surface area (Å²) < 4.78 is 11.0. The zero-order valence-electron chi connectivity index (χ0n) is 24.6. The molecular weight excluding hydrogens is 490 g/mol. The van der Waals surface area contributed by atoms with Gasteiger partial charge in [0, 0.05) is 11.0 Å². The molecule has 0 radical (unpaired) electrons. The number of carboxylic acids is 1. The summed E-state index contributed by atoms with van der Waals surface area (Å²) in [5.41, 5.74) is 10.8. The van der Waals surface area contributed by atoms with Gasteiger partial charge in [-0.2, -0.15) is 0 Å². The quantitative estimate of drug-likeness (QED) is 0.448. The largest absolute Gasteiger partial charge is 0.495 e. The molecule has 1 heterocycles. The lowest BCUT2D eigenvalue weighted by Crippen LogP contribution is -2.54. The molecule has 1 aliphatic heterocycles. The molecule has 2 aromatic rings. The van der Waals surface area contributed by atoms with Crippen LogP contribution in [0.3, 0.4) is 0 Å². The Morgan fingerprint density at radius 1 is 1.05 bits per heavy atom. The first-order valence-electron chi connectivity index (χ1n) is 14.3. The van der Waals surface area contributed by atoms with Crippen molar-refractivity contribution in [2.75, 3.05) is 7.11 Å². The van der Waals surface area contributed by atoms with Crippen LogP contribution < -0.4 is 15.2 Å². The van der Waals surface area contributed by atoms with Crippen LogP contribution in [0.1, 0.15) is 112 Å². The van der Waals surface area contributed by atoms with Crippen molar-refractivity contribution in [3.8, 4) is 11.5 Å². The van der Waals surface area contributed by atoms with E-state index in [1.54, 1.807) is 6.07 Å². The highest BCUT2D eigenvalue weighted by Gasteiger charge is 2.54. The monoisotopic (exact) mass is 535 g/mol. The smallest absolute Gasteiger partial charge is 0.339 e. The van der Waals surface area contributed by atoms with Crippen molar-refractivity contribution in [3.63, 3.8) is 0 Å². The summed E-state index contributed by atoms with van der Waals surface area (Å²) in [6, 6.07) is 10.3. The lowest BCUT2D eigenvalue weighted by atomic mass is 9.49. The van der Waals surface area contributed by atoms with Crippen molar-refractivity contribution in [1.29, 1.82) is 0 Å². The van der Waals surface area contributed by atoms with Gasteiger partial charge in [-0.15, -0.1) is 0 Å². The SMILES string of the molecule is CC(C)c1ccc2c(c1)CCC1C(C)(C(N)=O)CCCC21C.COc1c(C(=O)O)ccc2c1CCC(C)(C)O2. The van der Waals surface area contributed by atoms with E-state index in [0.717, 1.165) is 49.8 Å². The van der Waals surface area contributed by atoms with Gasteiger partial charge >= 0.3 is 5.97 Å². The molecule has 0 aromatic heterocycles. The standard InChI is InChI=1S/C20H29NO.C13H16O4/c1-13(2)14-6-8-16-15(12-14)7-9-17-19(16,3)10-5-11-20(17,4)18(21)22;1-13(2)7-6-8-10(17-13)5-4-9(12(14)15)11(8)16-3/h6,8,12-13,17H,5,7,9-11H2,1-4H3,(H2,21,22);4-5H,6-7H2,1-3H3,(H,14,15). The number of aromatic carboxylic acids is 1. The number of hydrogen-bond donors (Lipinski definition) is 2. The van der Waals surface area contributed by atoms with Gasteiger partial charge < -0.3 is 20.3 Å². The minimum atomic E-state index is -0.977. The van der Waals surface area contributed by atoms with Crippen LogP contribution in [0.25, 0.3) is 0 Å². The molecule has 0 spiro atoms. The number of benzene rings is 2. The number of nitrogens with two attached hydrogens (primary N) is 1. The van der Waals surface area contributed by atoms with E-state index in [1.807, 2.05) is 13.8 Å². The molecule has 6 nitrogen and oxygen atoms in total. The van der Waals surface area contributed by atoms with E-state index < -0.39 is 5.97 Å². The average Bonchev–Trinajstić information content (AvgIpc) is 2.87. The van der Waals surface area contributed by atoms with Crippen LogP contribution in [-0.2, 0) is 23.1 Å². The number of rotatable bonds is 4. The predicted octanol–water partition coefficient (Wildman–Crippen LogP) is 6.80. The van der Waals surface area contributed by atoms with Gasteiger partial charge in [-0.25, -0.2) is 4.79 Å². The van der Waals surface area contributed by atoms with Gasteiger partial charge in [-0.05, 0) is 98.4 Å². The molecule has 3 N–H and O–H groups in total. The Balaban J connectivity index is 0.000000187. The van der Waals surface area contributed by atoms with Gasteiger partial charge in [0.1, 0.15) is 22.7 Å². The molecule has 1 fully saturated rings. The number of ether oxygens (including phenoxy) is 2. The predicted molar refractivity (Wildman–Crippen MR) is 154 cm³/mol. The third-order valence-electron chi connectivity index (χ3n) is 9.62. The van der Waals surface area contributed by atoms with Crippen LogP contribution in [0.5, 0.6) is 11.5 Å². The first kappa shape index (κ1) is 29.0. The van der Waals surface area contributed by atoms with Crippen LogP contribution >= 0.6 is 0 Å². The Bertz CT molecular complexity index is 1260. The molecule has 3 atom stereocenters. The summed E-state index contributed by atoms with van der Waals surface area (Å²) >= 11 is 0. The number of carbonyl (C=O) groups is 2. The molecule has 2 aliphatic carbocycles. The Morgan fingerprint density at radius 3 is 2.38 bits per heavy atom. The van der Waals surface area contributed by atoms with Crippen LogP contribution in [-0.4, -0.2) is 29.7 Å². The van der Waals surface area contributed by atoms with Gasteiger partial charge in [0.15, 0.2) is 0 Å². The summed E-state index contributed by atoms with van der Waals surface area (Å²) in [7, 11) is 1.49. The minimum Gasteiger partial charge on any atom is -0.495 e. The average molecular weight is 536 g/mol. The second kappa shape index (κ2) is 10.5. The fraction of sp³-hybridized carbons (Fsp3) is 0.576. The van der Waals surface area contributed by atoms with Crippen molar-refractivity contribution < 1.29 is 24.2 Å². The third-order valence-corrected chi connectivity index (χ3v) is 9.62. The molecule has 6 heteroatoms. The maximum Gasteiger partial charge on any atom is 0.339 e. The van der Waals surface area contributed by atoms with Crippen LogP contribution in [0.2, 0.25) is 0 Å². The van der Waals surface area contributed by atoms with Crippen LogP contribution in [0.15, 0.2) is 30.3 Å². The molecule has 1 amide bonds. The summed E-state index contributed by atoms with van der Waals surface area (Å²) in [6.45, 7) is 13.0. The van der Waals surface area contributed by atoms with E-state index in [9.17, 15) is 9.59 Å². The van der Waals surface area contributed by atoms with Crippen molar-refractivity contribution in [2.24, 2.45) is 17.1 Å². The number of amides is 1. The van der Waals surface area contributed by atoms with Crippen LogP contribution in [0, 0.1) is 11.3 Å². The first-order chi connectivity index (χ1) is 18.2. The Kier molecular flexibility index (Phi) is 7.81. The van der Waals surface area contributed by atoms with Crippen molar-refractivity contribution in [1.82, 2.24) is 0 Å². The second-order valence-electron chi connectivity index (χ2n) is 13.0. The third kappa shape index (κ3) is 5.27. The van der Waals surface area contributed by atoms with Crippen LogP contribution in [0.4, 0.5) is 0 Å². The molecule has 5 rings (SSSR count). The second-order valence-corrected chi connectivity index (χ2v) is 13.0. The van der Waals surface area contributed by atoms with Crippen molar-refractivity contribution >= 4 is 11.9 Å². The number of hydrogen-bond acceptors (Lipinski definition) is 4. The van der Waals surface area contributed by atoms with Crippen molar-refractivity contribution in [2.45, 2.75) is 103 Å². The number of primary amides is 1. The topological polar surface area (TPSA) is 98.9 Å². The fourth-order valence-electron chi connectivity index (χ4n) is 7.28. The van der Waals surface area contributed by atoms with E-state index in [1.165, 1.54) is 36.3 Å². The normalized spacial score (nSPS) is 26.6. The number of methoxy groups -OCH3 is 1. The van der Waals surface area contributed by atoms with Gasteiger partial charge in [0.25, 0.3) is 0 Å². The van der Waals surface area contributed by atoms with Crippen molar-refractivity contribution in [3.05, 3.63) is 58.1 Å². The summed E-state index contributed by atoms with van der Waals surface area (Å²) in [4.78, 5) is 23.2. The van der Waals surface area contributed by atoms with Gasteiger partial charge in [0.2, 0.25) is 5.91 Å². The van der Waals surface area contributed by atoms with E-state index in [-0.39, 0.29) is 27.9 Å². The molecule has 0 bridgehead atoms. The Hall–Kier alpha value is -3.02. The lowest BCUT2D eigenvalue weighted by molar-refractivity contribution is -0.135. The molecule has 0 saturated heterocycles. The molecule has 1 saturated carbocycles. The van der Waals surface area contributed by atoms with E-state index in [2.05, 4.69) is 45.9 Å². The Morgan fingerprint density at radius 2 is 1.77 bits per heavy atom. The molecule has 3 aliphatic rings. The number of carbonyl (C=O) groups excluding carboxylic acids is 1. The van der Waals surface area contributed by atoms with Gasteiger partial charge in [-0.1, -0.05) is 52.3 Å². The number of carboxylic acid groups (broad SMARTS) is 1. The zero-order chi connectivity index (χ0) is 28.8. The maximum absolute atomic E-state index is 12.2. The van der Waals surface area contributed by atoms with E-state index in [4.69, 9.17) is 20.3 Å². The van der Waals surface area contributed by atoms with E-state index >= 15 is 0 Å². The highest BCUT2D eigenvalue weighted by atomic mass is 16.5. The molecule has 39 heavy (non-hydrogen) atoms. The summed E-state index contributed by atoms with van der Waals surface area (Å²) in [5.74, 6) is 1.01. The molecule has 212 valence electrons.